The Morgan fingerprint density at radius 3 is 2.40 bits per heavy atom. The van der Waals surface area contributed by atoms with Crippen LogP contribution in [0.5, 0.6) is 0 Å². The molecule has 0 heterocycles. The first-order valence-corrected chi connectivity index (χ1v) is 6.22. The van der Waals surface area contributed by atoms with Gasteiger partial charge in [0.15, 0.2) is 0 Å². The van der Waals surface area contributed by atoms with E-state index >= 15 is 0 Å². The van der Waals surface area contributed by atoms with Gasteiger partial charge in [-0.3, -0.25) is 0 Å². The summed E-state index contributed by atoms with van der Waals surface area (Å²) in [5.41, 5.74) is 0.703. The van der Waals surface area contributed by atoms with Gasteiger partial charge in [-0.2, -0.15) is 0 Å². The first-order valence-electron chi connectivity index (χ1n) is 6.47. The summed E-state index contributed by atoms with van der Waals surface area (Å²) in [6.07, 6.45) is 0. The normalized spacial score (nSPS) is 15.0. The molecule has 0 fully saturated rings. The summed E-state index contributed by atoms with van der Waals surface area (Å²) in [4.78, 5) is 0. The quantitative estimate of drug-likeness (QED) is 0.447. The topological polar surface area (TPSA) is 0 Å². The van der Waals surface area contributed by atoms with Crippen molar-refractivity contribution in [3.8, 4) is 11.1 Å². The lowest BCUT2D eigenvalue weighted by Crippen LogP contribution is -1.82. The molecule has 0 radical (unpaired) electrons. The Morgan fingerprint density at radius 1 is 1.13 bits per heavy atom. The van der Waals surface area contributed by atoms with Gasteiger partial charge in [-0.15, -0.1) is 0 Å². The van der Waals surface area contributed by atoms with E-state index in [2.05, 4.69) is 15.9 Å². The minimum absolute atomic E-state index is 0.172. The molecule has 0 aliphatic heterocycles. The van der Waals surface area contributed by atoms with Gasteiger partial charge in [0.25, 0.3) is 0 Å². The Balaban J connectivity index is 2.83. The molecule has 2 aromatic rings. The van der Waals surface area contributed by atoms with Gasteiger partial charge in [0.1, 0.15) is 0 Å². The summed E-state index contributed by atoms with van der Waals surface area (Å²) in [6.45, 7) is 0. The second-order valence-electron chi connectivity index (χ2n) is 2.75. The molecular weight excluding hydrogens is 386 g/mol. The van der Waals surface area contributed by atoms with Crippen LogP contribution in [-0.2, 0) is 0 Å². The first-order chi connectivity index (χ1) is 9.25. The second kappa shape index (κ2) is 4.85. The zero-order valence-electron chi connectivity index (χ0n) is 12.3. The molecule has 0 amide bonds. The van der Waals surface area contributed by atoms with Gasteiger partial charge in [0.05, 0.1) is 11.9 Å². The third kappa shape index (κ3) is 2.55. The van der Waals surface area contributed by atoms with E-state index in [9.17, 15) is 0 Å². The average molecular weight is 398 g/mol. The van der Waals surface area contributed by atoms with Crippen LogP contribution >= 0.6 is 50.1 Å². The summed E-state index contributed by atoms with van der Waals surface area (Å²) in [7, 11) is 0. The van der Waals surface area contributed by atoms with Crippen LogP contribution in [0.15, 0.2) is 46.8 Å². The maximum absolute atomic E-state index is 7.94. The van der Waals surface area contributed by atoms with Gasteiger partial charge in [-0.1, -0.05) is 41.8 Å². The molecule has 0 spiro atoms. The number of hydrogen-bond donors (Lipinski definition) is 0. The van der Waals surface area contributed by atoms with E-state index in [0.29, 0.717) is 15.1 Å². The minimum Gasteiger partial charge on any atom is -0.0819 e. The number of benzene rings is 2. The molecular formula is C12H7BrClI. The van der Waals surface area contributed by atoms with Crippen LogP contribution in [0, 0.1) is 3.57 Å². The molecule has 3 heteroatoms. The standard InChI is InChI=1S/C12H7BrClI/c13-10-6-9(7-11(15)12(10)14)8-4-2-1-3-5-8/h1-7H/i1D,2D,3D,4D,5D. The maximum Gasteiger partial charge on any atom is 0.0681 e. The molecule has 15 heavy (non-hydrogen) atoms. The van der Waals surface area contributed by atoms with Gasteiger partial charge in [-0.05, 0) is 61.8 Å². The van der Waals surface area contributed by atoms with Crippen LogP contribution in [-0.4, -0.2) is 0 Å². The molecule has 0 saturated heterocycles. The Morgan fingerprint density at radius 2 is 1.80 bits per heavy atom. The summed E-state index contributed by atoms with van der Waals surface area (Å²) < 4.78 is 40.2. The summed E-state index contributed by atoms with van der Waals surface area (Å²) >= 11 is 11.4. The van der Waals surface area contributed by atoms with Crippen molar-refractivity contribution in [1.29, 1.82) is 0 Å². The van der Waals surface area contributed by atoms with E-state index in [4.69, 9.17) is 18.5 Å². The second-order valence-corrected chi connectivity index (χ2v) is 5.15. The Hall–Kier alpha value is -0.0600. The molecule has 0 atom stereocenters. The lowest BCUT2D eigenvalue weighted by atomic mass is 10.1. The van der Waals surface area contributed by atoms with E-state index < -0.39 is 6.04 Å². The lowest BCUT2D eigenvalue weighted by Gasteiger charge is -2.05. The Bertz CT molecular complexity index is 667. The molecule has 2 rings (SSSR count). The highest BCUT2D eigenvalue weighted by atomic mass is 127. The predicted octanol–water partition coefficient (Wildman–Crippen LogP) is 5.37. The monoisotopic (exact) mass is 397 g/mol. The number of hydrogen-bond acceptors (Lipinski definition) is 0. The summed E-state index contributed by atoms with van der Waals surface area (Å²) in [5.74, 6) is 0. The zero-order chi connectivity index (χ0) is 15.2. The van der Waals surface area contributed by atoms with Gasteiger partial charge >= 0.3 is 0 Å². The zero-order valence-corrected chi connectivity index (χ0v) is 11.8. The molecule has 76 valence electrons. The molecule has 0 N–H and O–H groups in total. The van der Waals surface area contributed by atoms with Crippen molar-refractivity contribution in [1.82, 2.24) is 0 Å². The van der Waals surface area contributed by atoms with Crippen LogP contribution in [0.4, 0.5) is 0 Å². The van der Waals surface area contributed by atoms with Gasteiger partial charge in [-0.25, -0.2) is 0 Å². The third-order valence-corrected chi connectivity index (χ3v) is 4.20. The average Bonchev–Trinajstić information content (AvgIpc) is 2.40. The van der Waals surface area contributed by atoms with Gasteiger partial charge in [0, 0.05) is 8.04 Å². The fourth-order valence-corrected chi connectivity index (χ4v) is 2.66. The Kier molecular flexibility index (Phi) is 2.14. The highest BCUT2D eigenvalue weighted by Crippen LogP contribution is 2.33. The van der Waals surface area contributed by atoms with Crippen LogP contribution in [0.25, 0.3) is 11.1 Å². The number of halogens is 3. The minimum atomic E-state index is -0.397. The van der Waals surface area contributed by atoms with Crippen molar-refractivity contribution in [3.63, 3.8) is 0 Å². The van der Waals surface area contributed by atoms with E-state index in [1.807, 2.05) is 22.6 Å². The molecule has 0 aromatic heterocycles. The Labute approximate surface area is 123 Å². The van der Waals surface area contributed by atoms with Crippen LogP contribution < -0.4 is 0 Å². The molecule has 0 bridgehead atoms. The van der Waals surface area contributed by atoms with Gasteiger partial charge < -0.3 is 0 Å². The predicted molar refractivity (Wildman–Crippen MR) is 77.3 cm³/mol. The molecule has 0 saturated carbocycles. The highest BCUT2D eigenvalue weighted by molar-refractivity contribution is 14.1. The fraction of sp³-hybridized carbons (Fsp3) is 0. The van der Waals surface area contributed by atoms with E-state index in [1.165, 1.54) is 0 Å². The molecule has 0 nitrogen and oxygen atoms in total. The van der Waals surface area contributed by atoms with E-state index in [0.717, 1.165) is 3.57 Å². The van der Waals surface area contributed by atoms with Crippen molar-refractivity contribution in [2.45, 2.75) is 0 Å². The summed E-state index contributed by atoms with van der Waals surface area (Å²) in [5, 5.41) is 0.529. The van der Waals surface area contributed by atoms with Crippen molar-refractivity contribution < 1.29 is 6.85 Å². The number of rotatable bonds is 1. The summed E-state index contributed by atoms with van der Waals surface area (Å²) in [6, 6.07) is 1.82. The fourth-order valence-electron chi connectivity index (χ4n) is 1.09. The van der Waals surface area contributed by atoms with Crippen LogP contribution in [0.1, 0.15) is 6.85 Å². The van der Waals surface area contributed by atoms with Gasteiger partial charge in [0.2, 0.25) is 0 Å². The lowest BCUT2D eigenvalue weighted by molar-refractivity contribution is 1.56. The van der Waals surface area contributed by atoms with Crippen molar-refractivity contribution >= 4 is 50.1 Å². The largest absolute Gasteiger partial charge is 0.0819 e. The van der Waals surface area contributed by atoms with E-state index in [1.54, 1.807) is 12.1 Å². The molecule has 2 aromatic carbocycles. The van der Waals surface area contributed by atoms with Crippen molar-refractivity contribution in [2.75, 3.05) is 0 Å². The van der Waals surface area contributed by atoms with Crippen LogP contribution in [0.2, 0.25) is 5.02 Å². The molecule has 0 aliphatic carbocycles. The van der Waals surface area contributed by atoms with E-state index in [-0.39, 0.29) is 29.7 Å². The first kappa shape index (κ1) is 6.62. The SMILES string of the molecule is [2H]c1c([2H])c([2H])c(-c2cc(Br)c(Cl)c(I)c2)c([2H])c1[2H]. The maximum atomic E-state index is 7.94. The third-order valence-electron chi connectivity index (χ3n) is 1.77. The smallest absolute Gasteiger partial charge is 0.0681 e. The molecule has 0 aliphatic rings. The van der Waals surface area contributed by atoms with Crippen molar-refractivity contribution in [3.05, 3.63) is 55.4 Å². The highest BCUT2D eigenvalue weighted by Gasteiger charge is 2.05. The van der Waals surface area contributed by atoms with Crippen molar-refractivity contribution in [2.24, 2.45) is 0 Å². The van der Waals surface area contributed by atoms with Crippen LogP contribution in [0.3, 0.4) is 0 Å². The molecule has 0 unspecified atom stereocenters.